The Balaban J connectivity index is 1.11. The van der Waals surface area contributed by atoms with Gasteiger partial charge in [0.25, 0.3) is 0 Å². The molecule has 6 nitrogen and oxygen atoms in total. The van der Waals surface area contributed by atoms with Crippen LogP contribution in [0.25, 0.3) is 10.2 Å². The van der Waals surface area contributed by atoms with Crippen molar-refractivity contribution in [3.05, 3.63) is 53.0 Å². The number of para-hydroxylation sites is 1. The van der Waals surface area contributed by atoms with Crippen molar-refractivity contribution in [3.63, 3.8) is 0 Å². The van der Waals surface area contributed by atoms with E-state index in [1.54, 1.807) is 11.3 Å². The first-order valence-electron chi connectivity index (χ1n) is 10.5. The van der Waals surface area contributed by atoms with Crippen LogP contribution in [-0.2, 0) is 11.3 Å². The van der Waals surface area contributed by atoms with Crippen LogP contribution in [0.1, 0.15) is 29.3 Å². The second kappa shape index (κ2) is 8.89. The Labute approximate surface area is 180 Å². The van der Waals surface area contributed by atoms with E-state index >= 15 is 0 Å². The van der Waals surface area contributed by atoms with Gasteiger partial charge in [0.1, 0.15) is 0 Å². The van der Waals surface area contributed by atoms with Gasteiger partial charge in [0, 0.05) is 19.0 Å². The average Bonchev–Trinajstić information content (AvgIpc) is 3.40. The van der Waals surface area contributed by atoms with Crippen LogP contribution >= 0.6 is 11.3 Å². The maximum atomic E-state index is 10.5. The Hall–Kier alpha value is -2.19. The summed E-state index contributed by atoms with van der Waals surface area (Å²) in [6.07, 6.45) is 1.78. The van der Waals surface area contributed by atoms with Gasteiger partial charge in [-0.3, -0.25) is 4.90 Å². The van der Waals surface area contributed by atoms with Crippen LogP contribution in [0, 0.1) is 0 Å². The first-order chi connectivity index (χ1) is 14.7. The van der Waals surface area contributed by atoms with E-state index in [0.717, 1.165) is 48.5 Å². The molecule has 1 saturated heterocycles. The van der Waals surface area contributed by atoms with Crippen LogP contribution in [0.4, 0.5) is 0 Å². The molecule has 0 saturated carbocycles. The molecular formula is C23H26N2O4S. The molecule has 0 unspecified atom stereocenters. The summed E-state index contributed by atoms with van der Waals surface area (Å²) < 4.78 is 17.7. The third-order valence-corrected chi connectivity index (χ3v) is 6.85. The minimum Gasteiger partial charge on any atom is -0.454 e. The van der Waals surface area contributed by atoms with Crippen molar-refractivity contribution in [2.24, 2.45) is 0 Å². The van der Waals surface area contributed by atoms with Gasteiger partial charge in [-0.1, -0.05) is 18.2 Å². The van der Waals surface area contributed by atoms with Crippen LogP contribution in [0.15, 0.2) is 42.5 Å². The lowest BCUT2D eigenvalue weighted by Gasteiger charge is -2.33. The van der Waals surface area contributed by atoms with Gasteiger partial charge in [0.15, 0.2) is 11.5 Å². The second-order valence-corrected chi connectivity index (χ2v) is 9.04. The van der Waals surface area contributed by atoms with Gasteiger partial charge in [-0.2, -0.15) is 0 Å². The fourth-order valence-electron chi connectivity index (χ4n) is 4.18. The number of aromatic nitrogens is 1. The van der Waals surface area contributed by atoms with Gasteiger partial charge in [-0.05, 0) is 49.2 Å². The van der Waals surface area contributed by atoms with Crippen molar-refractivity contribution < 1.29 is 19.3 Å². The molecule has 7 heteroatoms. The maximum absolute atomic E-state index is 10.5. The topological polar surface area (TPSA) is 64.1 Å². The Morgan fingerprint density at radius 3 is 3.03 bits per heavy atom. The summed E-state index contributed by atoms with van der Waals surface area (Å²) in [5.41, 5.74) is 2.10. The van der Waals surface area contributed by atoms with E-state index in [9.17, 15) is 5.11 Å². The van der Waals surface area contributed by atoms with E-state index in [2.05, 4.69) is 23.1 Å². The molecule has 158 valence electrons. The largest absolute Gasteiger partial charge is 0.454 e. The Morgan fingerprint density at radius 1 is 1.20 bits per heavy atom. The third-order valence-electron chi connectivity index (χ3n) is 5.65. The Morgan fingerprint density at radius 2 is 2.10 bits per heavy atom. The number of ether oxygens (including phenoxy) is 3. The number of thiazole rings is 1. The summed E-state index contributed by atoms with van der Waals surface area (Å²) in [6, 6.07) is 14.1. The highest BCUT2D eigenvalue weighted by atomic mass is 32.1. The predicted octanol–water partition coefficient (Wildman–Crippen LogP) is 3.78. The highest BCUT2D eigenvalue weighted by molar-refractivity contribution is 7.18. The van der Waals surface area contributed by atoms with Crippen molar-refractivity contribution in [1.29, 1.82) is 0 Å². The third kappa shape index (κ3) is 4.44. The quantitative estimate of drug-likeness (QED) is 0.620. The van der Waals surface area contributed by atoms with Crippen molar-refractivity contribution in [2.75, 3.05) is 33.0 Å². The van der Waals surface area contributed by atoms with E-state index in [-0.39, 0.29) is 6.79 Å². The molecule has 5 rings (SSSR count). The lowest BCUT2D eigenvalue weighted by molar-refractivity contribution is 0.00568. The highest BCUT2D eigenvalue weighted by Crippen LogP contribution is 2.34. The summed E-state index contributed by atoms with van der Waals surface area (Å²) in [7, 11) is 0. The zero-order valence-corrected chi connectivity index (χ0v) is 17.6. The molecule has 2 aliphatic rings. The monoisotopic (exact) mass is 426 g/mol. The molecule has 30 heavy (non-hydrogen) atoms. The summed E-state index contributed by atoms with van der Waals surface area (Å²) in [4.78, 5) is 7.19. The van der Waals surface area contributed by atoms with Crippen molar-refractivity contribution in [1.82, 2.24) is 9.88 Å². The predicted molar refractivity (Wildman–Crippen MR) is 116 cm³/mol. The normalized spacial score (nSPS) is 20.0. The first kappa shape index (κ1) is 19.8. The fourth-order valence-corrected chi connectivity index (χ4v) is 5.28. The molecule has 0 spiro atoms. The maximum Gasteiger partial charge on any atom is 0.231 e. The smallest absolute Gasteiger partial charge is 0.231 e. The van der Waals surface area contributed by atoms with Gasteiger partial charge in [0.05, 0.1) is 34.5 Å². The molecule has 3 aromatic rings. The first-order valence-corrected chi connectivity index (χ1v) is 11.3. The van der Waals surface area contributed by atoms with E-state index in [1.165, 1.54) is 9.71 Å². The van der Waals surface area contributed by atoms with E-state index in [4.69, 9.17) is 19.2 Å². The van der Waals surface area contributed by atoms with E-state index in [0.29, 0.717) is 25.7 Å². The SMILES string of the molecule is O[C@@H](COCc1ccc2c(c1)OCO2)CN1CCC[C@H](c2nc3ccccc3s2)C1. The standard InChI is InChI=1S/C23H26N2O4S/c26-18(14-27-13-16-7-8-20-21(10-16)29-15-28-20)12-25-9-3-4-17(11-25)23-24-19-5-1-2-6-22(19)30-23/h1-2,5-8,10,17-18,26H,3-4,9,11-15H2/t17-,18+/m0/s1. The second-order valence-electron chi connectivity index (χ2n) is 7.98. The number of nitrogens with zero attached hydrogens (tertiary/aromatic N) is 2. The molecule has 1 aromatic heterocycles. The molecule has 1 fully saturated rings. The van der Waals surface area contributed by atoms with Gasteiger partial charge in [-0.25, -0.2) is 4.98 Å². The molecule has 0 bridgehead atoms. The molecule has 2 aliphatic heterocycles. The summed E-state index contributed by atoms with van der Waals surface area (Å²) in [5, 5.41) is 11.7. The van der Waals surface area contributed by atoms with Crippen LogP contribution in [0.5, 0.6) is 11.5 Å². The van der Waals surface area contributed by atoms with E-state index in [1.807, 2.05) is 24.3 Å². The number of piperidine rings is 1. The van der Waals surface area contributed by atoms with Crippen LogP contribution < -0.4 is 9.47 Å². The van der Waals surface area contributed by atoms with Crippen LogP contribution in [0.2, 0.25) is 0 Å². The number of β-amino-alcohol motifs (C(OH)–C–C–N with tert-alkyl or cyclic N) is 1. The molecule has 0 amide bonds. The summed E-state index contributed by atoms with van der Waals surface area (Å²) in [5.74, 6) is 1.97. The molecule has 0 aliphatic carbocycles. The van der Waals surface area contributed by atoms with E-state index < -0.39 is 6.10 Å². The lowest BCUT2D eigenvalue weighted by atomic mass is 9.98. The number of fused-ring (bicyclic) bond motifs is 2. The van der Waals surface area contributed by atoms with Crippen LogP contribution in [-0.4, -0.2) is 54.1 Å². The molecule has 1 N–H and O–H groups in total. The summed E-state index contributed by atoms with van der Waals surface area (Å²) in [6.45, 7) is 3.62. The van der Waals surface area contributed by atoms with Gasteiger partial charge in [0.2, 0.25) is 6.79 Å². The number of likely N-dealkylation sites (tertiary alicyclic amines) is 1. The van der Waals surface area contributed by atoms with Gasteiger partial charge >= 0.3 is 0 Å². The molecular weight excluding hydrogens is 400 g/mol. The molecule has 2 aromatic carbocycles. The van der Waals surface area contributed by atoms with Gasteiger partial charge < -0.3 is 19.3 Å². The molecule has 3 heterocycles. The Kier molecular flexibility index (Phi) is 5.86. The van der Waals surface area contributed by atoms with Crippen molar-refractivity contribution in [3.8, 4) is 11.5 Å². The lowest BCUT2D eigenvalue weighted by Crippen LogP contribution is -2.40. The minimum atomic E-state index is -0.506. The Bertz CT molecular complexity index is 975. The van der Waals surface area contributed by atoms with Gasteiger partial charge in [-0.15, -0.1) is 11.3 Å². The minimum absolute atomic E-state index is 0.270. The fraction of sp³-hybridized carbons (Fsp3) is 0.435. The number of rotatable bonds is 7. The average molecular weight is 427 g/mol. The number of hydrogen-bond acceptors (Lipinski definition) is 7. The van der Waals surface area contributed by atoms with Crippen LogP contribution in [0.3, 0.4) is 0 Å². The zero-order valence-electron chi connectivity index (χ0n) is 16.8. The number of benzene rings is 2. The summed E-state index contributed by atoms with van der Waals surface area (Å²) >= 11 is 1.80. The highest BCUT2D eigenvalue weighted by Gasteiger charge is 2.25. The number of aliphatic hydroxyl groups is 1. The zero-order chi connectivity index (χ0) is 20.3. The molecule has 0 radical (unpaired) electrons. The molecule has 2 atom stereocenters. The van der Waals surface area contributed by atoms with Crippen molar-refractivity contribution >= 4 is 21.6 Å². The van der Waals surface area contributed by atoms with Crippen molar-refractivity contribution in [2.45, 2.75) is 31.5 Å². The number of aliphatic hydroxyl groups excluding tert-OH is 1. The number of hydrogen-bond donors (Lipinski definition) is 1.